The minimum absolute atomic E-state index is 0.00240. The van der Waals surface area contributed by atoms with Gasteiger partial charge in [-0.2, -0.15) is 36.4 Å². The molecule has 0 aliphatic rings. The van der Waals surface area contributed by atoms with Crippen molar-refractivity contribution in [3.63, 3.8) is 0 Å². The van der Waals surface area contributed by atoms with Crippen LogP contribution in [-0.2, 0) is 17.1 Å². The molecule has 2 aromatic heterocycles. The van der Waals surface area contributed by atoms with E-state index in [2.05, 4.69) is 20.4 Å². The first-order valence-corrected chi connectivity index (χ1v) is 11.0. The fourth-order valence-corrected chi connectivity index (χ4v) is 3.54. The zero-order valence-corrected chi connectivity index (χ0v) is 19.8. The number of aromatic nitrogens is 4. The Morgan fingerprint density at radius 1 is 1.03 bits per heavy atom. The molecule has 0 unspecified atom stereocenters. The van der Waals surface area contributed by atoms with Crippen LogP contribution in [-0.4, -0.2) is 30.8 Å². The summed E-state index contributed by atoms with van der Waals surface area (Å²) in [6.07, 6.45) is -7.39. The van der Waals surface area contributed by atoms with Gasteiger partial charge in [-0.3, -0.25) is 0 Å². The quantitative estimate of drug-likeness (QED) is 0.191. The lowest BCUT2D eigenvalue weighted by Gasteiger charge is -2.15. The number of carbonyl (C=O) groups is 1. The maximum absolute atomic E-state index is 13.8. The lowest BCUT2D eigenvalue weighted by Crippen LogP contribution is -2.16. The SMILES string of the molecule is O=C(O)C=Cc1cccc(-c2cnc(Nc3ccc(F)c(Cl)c3)nc2-n2nc(C(F)(F)F)cc2C(F)(F)F)c1. The first-order valence-electron chi connectivity index (χ1n) is 10.6. The highest BCUT2D eigenvalue weighted by Crippen LogP contribution is 2.38. The van der Waals surface area contributed by atoms with Crippen LogP contribution in [0.1, 0.15) is 17.0 Å². The first-order chi connectivity index (χ1) is 18.2. The normalized spacial score (nSPS) is 12.2. The molecule has 0 saturated heterocycles. The summed E-state index contributed by atoms with van der Waals surface area (Å²) in [6, 6.07) is 8.95. The van der Waals surface area contributed by atoms with Crippen molar-refractivity contribution in [3.8, 4) is 16.9 Å². The van der Waals surface area contributed by atoms with Crippen molar-refractivity contribution in [2.45, 2.75) is 12.4 Å². The molecule has 0 aliphatic carbocycles. The van der Waals surface area contributed by atoms with Crippen molar-refractivity contribution < 1.29 is 40.6 Å². The number of halogens is 8. The van der Waals surface area contributed by atoms with Gasteiger partial charge in [0, 0.05) is 29.6 Å². The number of anilines is 2. The van der Waals surface area contributed by atoms with E-state index in [0.29, 0.717) is 5.56 Å². The fraction of sp³-hybridized carbons (Fsp3) is 0.0833. The van der Waals surface area contributed by atoms with E-state index in [4.69, 9.17) is 16.7 Å². The number of carboxylic acids is 1. The number of benzene rings is 2. The average molecular weight is 572 g/mol. The van der Waals surface area contributed by atoms with Crippen molar-refractivity contribution in [2.75, 3.05) is 5.32 Å². The summed E-state index contributed by atoms with van der Waals surface area (Å²) in [5, 5.41) is 14.3. The molecule has 202 valence electrons. The van der Waals surface area contributed by atoms with Crippen LogP contribution in [0, 0.1) is 5.82 Å². The lowest BCUT2D eigenvalue weighted by molar-refractivity contribution is -0.143. The van der Waals surface area contributed by atoms with Crippen LogP contribution in [0.15, 0.2) is 60.8 Å². The van der Waals surface area contributed by atoms with Crippen LogP contribution in [0.2, 0.25) is 5.02 Å². The second-order valence-electron chi connectivity index (χ2n) is 7.80. The molecule has 0 bridgehead atoms. The number of nitrogens with zero attached hydrogens (tertiary/aromatic N) is 4. The summed E-state index contributed by atoms with van der Waals surface area (Å²) in [7, 11) is 0. The zero-order valence-electron chi connectivity index (χ0n) is 19.0. The second kappa shape index (κ2) is 10.4. The van der Waals surface area contributed by atoms with Crippen LogP contribution in [0.5, 0.6) is 0 Å². The highest BCUT2D eigenvalue weighted by atomic mass is 35.5. The largest absolute Gasteiger partial charge is 0.478 e. The first kappa shape index (κ1) is 27.6. The molecule has 2 N–H and O–H groups in total. The van der Waals surface area contributed by atoms with Crippen molar-refractivity contribution in [1.29, 1.82) is 0 Å². The average Bonchev–Trinajstić information content (AvgIpc) is 3.32. The van der Waals surface area contributed by atoms with Crippen LogP contribution < -0.4 is 5.32 Å². The fourth-order valence-electron chi connectivity index (χ4n) is 3.36. The maximum atomic E-state index is 13.8. The van der Waals surface area contributed by atoms with Gasteiger partial charge in [0.05, 0.1) is 5.02 Å². The lowest BCUT2D eigenvalue weighted by atomic mass is 10.0. The number of aliphatic carboxylic acids is 1. The number of nitrogens with one attached hydrogen (secondary N) is 1. The molecular weight excluding hydrogens is 559 g/mol. The van der Waals surface area contributed by atoms with Gasteiger partial charge in [0.1, 0.15) is 5.82 Å². The number of alkyl halides is 6. The Hall–Kier alpha value is -4.46. The molecule has 39 heavy (non-hydrogen) atoms. The molecule has 4 rings (SSSR count). The number of hydrogen-bond donors (Lipinski definition) is 2. The van der Waals surface area contributed by atoms with Crippen LogP contribution >= 0.6 is 11.6 Å². The highest BCUT2D eigenvalue weighted by Gasteiger charge is 2.43. The van der Waals surface area contributed by atoms with Crippen LogP contribution in [0.25, 0.3) is 23.0 Å². The zero-order chi connectivity index (χ0) is 28.5. The Morgan fingerprint density at radius 2 is 1.77 bits per heavy atom. The predicted molar refractivity (Wildman–Crippen MR) is 126 cm³/mol. The summed E-state index contributed by atoms with van der Waals surface area (Å²) in [4.78, 5) is 18.9. The number of rotatable bonds is 6. The topological polar surface area (TPSA) is 92.9 Å². The Bertz CT molecular complexity index is 1580. The second-order valence-corrected chi connectivity index (χ2v) is 8.21. The van der Waals surface area contributed by atoms with Gasteiger partial charge < -0.3 is 10.4 Å². The van der Waals surface area contributed by atoms with Gasteiger partial charge in [-0.1, -0.05) is 29.8 Å². The predicted octanol–water partition coefficient (Wildman–Crippen LogP) is 7.00. The molecular formula is C24H13ClF7N5O2. The van der Waals surface area contributed by atoms with Gasteiger partial charge in [0.15, 0.2) is 17.2 Å². The Labute approximate surface area is 219 Å². The molecule has 0 radical (unpaired) electrons. The third kappa shape index (κ3) is 6.34. The maximum Gasteiger partial charge on any atom is 0.435 e. The third-order valence-electron chi connectivity index (χ3n) is 5.05. The summed E-state index contributed by atoms with van der Waals surface area (Å²) >= 11 is 5.75. The molecule has 2 heterocycles. The van der Waals surface area contributed by atoms with Crippen LogP contribution in [0.4, 0.5) is 42.4 Å². The molecule has 0 fully saturated rings. The molecule has 0 spiro atoms. The van der Waals surface area contributed by atoms with Gasteiger partial charge in [0.2, 0.25) is 5.95 Å². The van der Waals surface area contributed by atoms with Gasteiger partial charge >= 0.3 is 18.3 Å². The number of hydrogen-bond acceptors (Lipinski definition) is 5. The van der Waals surface area contributed by atoms with Gasteiger partial charge in [-0.05, 0) is 41.5 Å². The minimum atomic E-state index is -5.26. The number of carboxylic acid groups (broad SMARTS) is 1. The Morgan fingerprint density at radius 3 is 2.41 bits per heavy atom. The van der Waals surface area contributed by atoms with Gasteiger partial charge in [-0.25, -0.2) is 18.9 Å². The van der Waals surface area contributed by atoms with Crippen molar-refractivity contribution in [2.24, 2.45) is 0 Å². The van der Waals surface area contributed by atoms with Crippen LogP contribution in [0.3, 0.4) is 0 Å². The third-order valence-corrected chi connectivity index (χ3v) is 5.34. The van der Waals surface area contributed by atoms with Crippen molar-refractivity contribution >= 4 is 35.3 Å². The van der Waals surface area contributed by atoms with E-state index in [9.17, 15) is 35.5 Å². The van der Waals surface area contributed by atoms with Crippen molar-refractivity contribution in [3.05, 3.63) is 88.6 Å². The molecule has 2 aromatic carbocycles. The monoisotopic (exact) mass is 571 g/mol. The van der Waals surface area contributed by atoms with E-state index in [0.717, 1.165) is 24.4 Å². The van der Waals surface area contributed by atoms with E-state index >= 15 is 0 Å². The Balaban J connectivity index is 1.93. The van der Waals surface area contributed by atoms with E-state index < -0.39 is 41.3 Å². The van der Waals surface area contributed by atoms with Crippen molar-refractivity contribution in [1.82, 2.24) is 19.7 Å². The highest BCUT2D eigenvalue weighted by molar-refractivity contribution is 6.31. The molecule has 0 aliphatic heterocycles. The molecule has 0 saturated carbocycles. The van der Waals surface area contributed by atoms with Gasteiger partial charge in [-0.15, -0.1) is 0 Å². The molecule has 7 nitrogen and oxygen atoms in total. The molecule has 4 aromatic rings. The van der Waals surface area contributed by atoms with Gasteiger partial charge in [0.25, 0.3) is 0 Å². The smallest absolute Gasteiger partial charge is 0.435 e. The molecule has 15 heteroatoms. The van der Waals surface area contributed by atoms with E-state index in [1.165, 1.54) is 36.4 Å². The molecule has 0 atom stereocenters. The summed E-state index contributed by atoms with van der Waals surface area (Å²) < 4.78 is 95.1. The van der Waals surface area contributed by atoms with E-state index in [1.54, 1.807) is 0 Å². The Kier molecular flexibility index (Phi) is 7.33. The summed E-state index contributed by atoms with van der Waals surface area (Å²) in [5.41, 5.74) is -3.13. The van der Waals surface area contributed by atoms with E-state index in [-0.39, 0.29) is 38.5 Å². The summed E-state index contributed by atoms with van der Waals surface area (Å²) in [6.45, 7) is 0. The summed E-state index contributed by atoms with van der Waals surface area (Å²) in [5.74, 6) is -3.05. The molecule has 0 amide bonds. The minimum Gasteiger partial charge on any atom is -0.478 e. The van der Waals surface area contributed by atoms with E-state index in [1.807, 2.05) is 0 Å². The standard InChI is InChI=1S/C24H13ClF7N5O2/c25-16-9-14(5-6-17(16)26)34-22-33-11-15(13-3-1-2-12(8-13)4-7-20(38)39)21(35-22)37-19(24(30,31)32)10-18(36-37)23(27,28)29/h1-11H,(H,38,39)(H,33,34,35).